The monoisotopic (exact) mass is 376 g/mol. The van der Waals surface area contributed by atoms with Crippen molar-refractivity contribution in [3.8, 4) is 17.1 Å². The number of aromatic nitrogens is 2. The molecule has 4 nitrogen and oxygen atoms in total. The van der Waals surface area contributed by atoms with Crippen molar-refractivity contribution in [2.75, 3.05) is 14.2 Å². The van der Waals surface area contributed by atoms with Crippen LogP contribution in [0, 0.1) is 0 Å². The van der Waals surface area contributed by atoms with Crippen LogP contribution in [0.1, 0.15) is 5.69 Å². The number of methoxy groups -OCH3 is 2. The number of rotatable bonds is 4. The van der Waals surface area contributed by atoms with Crippen LogP contribution in [0.3, 0.4) is 0 Å². The van der Waals surface area contributed by atoms with Crippen LogP contribution < -0.4 is 4.74 Å². The number of nitrogens with zero attached hydrogens (tertiary/aromatic N) is 2. The van der Waals surface area contributed by atoms with E-state index in [1.165, 1.54) is 0 Å². The molecule has 1 aromatic heterocycles. The number of hydrogen-bond acceptors (Lipinski definition) is 4. The van der Waals surface area contributed by atoms with E-state index in [4.69, 9.17) is 32.7 Å². The molecule has 0 N–H and O–H groups in total. The lowest BCUT2D eigenvalue weighted by Crippen LogP contribution is -2.01. The van der Waals surface area contributed by atoms with E-state index >= 15 is 0 Å². The first kappa shape index (κ1) is 15.5. The molecule has 0 unspecified atom stereocenters. The topological polar surface area (TPSA) is 44.2 Å². The first-order chi connectivity index (χ1) is 9.58. The summed E-state index contributed by atoms with van der Waals surface area (Å²) in [5.41, 5.74) is 1.24. The fourth-order valence-corrected chi connectivity index (χ4v) is 2.43. The first-order valence-electron chi connectivity index (χ1n) is 5.62. The Kier molecular flexibility index (Phi) is 5.21. The summed E-state index contributed by atoms with van der Waals surface area (Å²) in [4.78, 5) is 8.67. The van der Waals surface area contributed by atoms with E-state index in [1.807, 2.05) is 0 Å². The molecule has 2 aromatic rings. The maximum Gasteiger partial charge on any atom is 0.166 e. The summed E-state index contributed by atoms with van der Waals surface area (Å²) < 4.78 is 11.0. The van der Waals surface area contributed by atoms with E-state index < -0.39 is 0 Å². The fraction of sp³-hybridized carbons (Fsp3) is 0.231. The average molecular weight is 378 g/mol. The van der Waals surface area contributed by atoms with Crippen molar-refractivity contribution in [3.05, 3.63) is 38.5 Å². The maximum absolute atomic E-state index is 6.22. The van der Waals surface area contributed by atoms with Gasteiger partial charge in [-0.25, -0.2) is 9.97 Å². The molecule has 0 spiro atoms. The van der Waals surface area contributed by atoms with Crippen molar-refractivity contribution in [1.82, 2.24) is 9.97 Å². The standard InChI is InChI=1S/C13H11BrCl2N2O2/c1-19-6-8-11(14)12(16)18-13(17-8)10-7(15)4-3-5-9(10)20-2/h3-5H,6H2,1-2H3. The third-order valence-corrected chi connectivity index (χ3v) is 4.23. The highest BCUT2D eigenvalue weighted by molar-refractivity contribution is 9.10. The second-order valence-corrected chi connectivity index (χ2v) is 5.41. The van der Waals surface area contributed by atoms with Crippen molar-refractivity contribution < 1.29 is 9.47 Å². The van der Waals surface area contributed by atoms with Crippen molar-refractivity contribution in [1.29, 1.82) is 0 Å². The van der Waals surface area contributed by atoms with Gasteiger partial charge < -0.3 is 9.47 Å². The molecule has 0 aliphatic heterocycles. The lowest BCUT2D eigenvalue weighted by molar-refractivity contribution is 0.181. The fourth-order valence-electron chi connectivity index (χ4n) is 1.70. The van der Waals surface area contributed by atoms with Gasteiger partial charge in [-0.2, -0.15) is 0 Å². The maximum atomic E-state index is 6.22. The highest BCUT2D eigenvalue weighted by Gasteiger charge is 2.17. The van der Waals surface area contributed by atoms with Crippen LogP contribution >= 0.6 is 39.1 Å². The Labute approximate surface area is 135 Å². The molecule has 106 valence electrons. The van der Waals surface area contributed by atoms with Gasteiger partial charge in [-0.15, -0.1) is 0 Å². The molecule has 7 heteroatoms. The Bertz CT molecular complexity index is 638. The first-order valence-corrected chi connectivity index (χ1v) is 7.17. The molecule has 0 aliphatic carbocycles. The van der Waals surface area contributed by atoms with Crippen molar-refractivity contribution in [2.24, 2.45) is 0 Å². The van der Waals surface area contributed by atoms with Crippen LogP contribution in [-0.2, 0) is 11.3 Å². The third-order valence-electron chi connectivity index (χ3n) is 2.58. The molecule has 0 saturated carbocycles. The predicted molar refractivity (Wildman–Crippen MR) is 82.5 cm³/mol. The van der Waals surface area contributed by atoms with Crippen LogP contribution in [0.2, 0.25) is 10.2 Å². The Balaban J connectivity index is 2.64. The van der Waals surface area contributed by atoms with Crippen molar-refractivity contribution in [2.45, 2.75) is 6.61 Å². The molecule has 20 heavy (non-hydrogen) atoms. The molecule has 2 rings (SSSR count). The van der Waals surface area contributed by atoms with Crippen LogP contribution in [0.5, 0.6) is 5.75 Å². The summed E-state index contributed by atoms with van der Waals surface area (Å²) in [7, 11) is 3.14. The quantitative estimate of drug-likeness (QED) is 0.742. The summed E-state index contributed by atoms with van der Waals surface area (Å²) >= 11 is 15.7. The second-order valence-electron chi connectivity index (χ2n) is 3.85. The second kappa shape index (κ2) is 6.72. The van der Waals surface area contributed by atoms with Crippen LogP contribution in [0.25, 0.3) is 11.4 Å². The molecule has 0 aliphatic rings. The van der Waals surface area contributed by atoms with Crippen LogP contribution in [0.15, 0.2) is 22.7 Å². The summed E-state index contributed by atoms with van der Waals surface area (Å²) in [5, 5.41) is 0.787. The van der Waals surface area contributed by atoms with Crippen molar-refractivity contribution in [3.63, 3.8) is 0 Å². The minimum Gasteiger partial charge on any atom is -0.496 e. The van der Waals surface area contributed by atoms with Gasteiger partial charge in [-0.05, 0) is 28.1 Å². The van der Waals surface area contributed by atoms with Gasteiger partial charge in [0.2, 0.25) is 0 Å². The van der Waals surface area contributed by atoms with E-state index in [2.05, 4.69) is 25.9 Å². The molecule has 0 fully saturated rings. The molecule has 0 atom stereocenters. The Morgan fingerprint density at radius 3 is 2.60 bits per heavy atom. The minimum atomic E-state index is 0.295. The molecule has 0 amide bonds. The zero-order valence-electron chi connectivity index (χ0n) is 10.8. The van der Waals surface area contributed by atoms with E-state index in [-0.39, 0.29) is 0 Å². The Morgan fingerprint density at radius 1 is 1.20 bits per heavy atom. The number of ether oxygens (including phenoxy) is 2. The van der Waals surface area contributed by atoms with Crippen LogP contribution in [-0.4, -0.2) is 24.2 Å². The molecule has 0 radical (unpaired) electrons. The normalized spacial score (nSPS) is 10.7. The highest BCUT2D eigenvalue weighted by Crippen LogP contribution is 2.36. The molecule has 0 bridgehead atoms. The zero-order valence-corrected chi connectivity index (χ0v) is 13.9. The largest absolute Gasteiger partial charge is 0.496 e. The zero-order chi connectivity index (χ0) is 14.7. The predicted octanol–water partition coefficient (Wildman–Crippen LogP) is 4.37. The third kappa shape index (κ3) is 3.06. The van der Waals surface area contributed by atoms with Gasteiger partial charge in [0.15, 0.2) is 5.82 Å². The Morgan fingerprint density at radius 2 is 1.95 bits per heavy atom. The smallest absolute Gasteiger partial charge is 0.166 e. The van der Waals surface area contributed by atoms with Gasteiger partial charge in [0.1, 0.15) is 10.9 Å². The van der Waals surface area contributed by atoms with Gasteiger partial charge in [-0.3, -0.25) is 0 Å². The van der Waals surface area contributed by atoms with E-state index in [9.17, 15) is 0 Å². The molecule has 0 saturated heterocycles. The summed E-state index contributed by atoms with van der Waals surface area (Å²) in [5.74, 6) is 0.979. The highest BCUT2D eigenvalue weighted by atomic mass is 79.9. The SMILES string of the molecule is COCc1nc(-c2c(Cl)cccc2OC)nc(Cl)c1Br. The molecule has 1 heterocycles. The lowest BCUT2D eigenvalue weighted by Gasteiger charge is -2.11. The van der Waals surface area contributed by atoms with Crippen molar-refractivity contribution >= 4 is 39.1 Å². The van der Waals surface area contributed by atoms with E-state index in [0.29, 0.717) is 44.1 Å². The van der Waals surface area contributed by atoms with Gasteiger partial charge >= 0.3 is 0 Å². The number of benzene rings is 1. The molecular weight excluding hydrogens is 367 g/mol. The Hall–Kier alpha value is -0.880. The average Bonchev–Trinajstić information content (AvgIpc) is 2.43. The summed E-state index contributed by atoms with van der Waals surface area (Å²) in [6, 6.07) is 5.33. The number of halogens is 3. The van der Waals surface area contributed by atoms with Gasteiger partial charge in [0.25, 0.3) is 0 Å². The number of hydrogen-bond donors (Lipinski definition) is 0. The van der Waals surface area contributed by atoms with E-state index in [0.717, 1.165) is 0 Å². The molecular formula is C13H11BrCl2N2O2. The van der Waals surface area contributed by atoms with Gasteiger partial charge in [-0.1, -0.05) is 29.3 Å². The molecule has 1 aromatic carbocycles. The summed E-state index contributed by atoms with van der Waals surface area (Å²) in [6.07, 6.45) is 0. The van der Waals surface area contributed by atoms with Gasteiger partial charge in [0.05, 0.1) is 34.5 Å². The van der Waals surface area contributed by atoms with Gasteiger partial charge in [0, 0.05) is 7.11 Å². The lowest BCUT2D eigenvalue weighted by atomic mass is 10.2. The van der Waals surface area contributed by atoms with E-state index in [1.54, 1.807) is 32.4 Å². The van der Waals surface area contributed by atoms with Crippen LogP contribution in [0.4, 0.5) is 0 Å². The summed E-state index contributed by atoms with van der Waals surface area (Å²) in [6.45, 7) is 0.308. The minimum absolute atomic E-state index is 0.295.